The summed E-state index contributed by atoms with van der Waals surface area (Å²) in [5.74, 6) is 1.18. The van der Waals surface area contributed by atoms with E-state index in [2.05, 4.69) is 20.7 Å². The van der Waals surface area contributed by atoms with Crippen LogP contribution in [0.4, 0.5) is 5.13 Å². The Balaban J connectivity index is 1.81. The molecule has 24 heavy (non-hydrogen) atoms. The Morgan fingerprint density at radius 3 is 2.62 bits per heavy atom. The van der Waals surface area contributed by atoms with Gasteiger partial charge in [0, 0.05) is 11.6 Å². The lowest BCUT2D eigenvalue weighted by molar-refractivity contribution is 0.101. The van der Waals surface area contributed by atoms with Crippen molar-refractivity contribution in [3.8, 4) is 22.8 Å². The van der Waals surface area contributed by atoms with E-state index in [1.165, 1.54) is 11.3 Å². The molecule has 2 heterocycles. The van der Waals surface area contributed by atoms with Gasteiger partial charge in [-0.15, -0.1) is 10.2 Å². The first-order valence-corrected chi connectivity index (χ1v) is 7.73. The van der Waals surface area contributed by atoms with Gasteiger partial charge in [-0.05, 0) is 25.1 Å². The van der Waals surface area contributed by atoms with Gasteiger partial charge in [0.25, 0.3) is 5.91 Å². The number of carbonyl (C=O) groups is 1. The number of benzene rings is 1. The lowest BCUT2D eigenvalue weighted by Crippen LogP contribution is -2.11. The monoisotopic (exact) mass is 346 g/mol. The first-order valence-electron chi connectivity index (χ1n) is 6.91. The number of carbonyl (C=O) groups excluding carboxylic acids is 1. The fraction of sp³-hybridized carbons (Fsp3) is 0.200. The predicted octanol–water partition coefficient (Wildman–Crippen LogP) is 2.77. The fourth-order valence-electron chi connectivity index (χ4n) is 2.02. The average Bonchev–Trinajstić information content (AvgIpc) is 3.23. The van der Waals surface area contributed by atoms with Crippen LogP contribution in [0, 0.1) is 6.92 Å². The van der Waals surface area contributed by atoms with Crippen molar-refractivity contribution in [2.45, 2.75) is 6.92 Å². The van der Waals surface area contributed by atoms with Crippen LogP contribution in [0.3, 0.4) is 0 Å². The molecule has 0 unspecified atom stereocenters. The fourth-order valence-corrected chi connectivity index (χ4v) is 2.60. The molecule has 1 amide bonds. The van der Waals surface area contributed by atoms with Crippen molar-refractivity contribution in [2.24, 2.45) is 0 Å². The van der Waals surface area contributed by atoms with E-state index in [0.29, 0.717) is 28.0 Å². The van der Waals surface area contributed by atoms with Gasteiger partial charge in [0.1, 0.15) is 5.01 Å². The van der Waals surface area contributed by atoms with Gasteiger partial charge in [0.2, 0.25) is 5.13 Å². The number of ether oxygens (including phenoxy) is 2. The van der Waals surface area contributed by atoms with Crippen LogP contribution in [0.1, 0.15) is 15.5 Å². The Kier molecular flexibility index (Phi) is 4.43. The minimum absolute atomic E-state index is 0.146. The minimum Gasteiger partial charge on any atom is -0.493 e. The number of aryl methyl sites for hydroxylation is 1. The number of aromatic nitrogens is 3. The van der Waals surface area contributed by atoms with E-state index in [0.717, 1.165) is 5.01 Å². The summed E-state index contributed by atoms with van der Waals surface area (Å²) in [5, 5.41) is 15.3. The number of nitrogens with zero attached hydrogens (tertiary/aromatic N) is 3. The summed E-state index contributed by atoms with van der Waals surface area (Å²) in [6.45, 7) is 1.80. The molecule has 0 aliphatic rings. The molecule has 0 spiro atoms. The first kappa shape index (κ1) is 15.9. The van der Waals surface area contributed by atoms with E-state index >= 15 is 0 Å². The molecule has 0 aliphatic carbocycles. The van der Waals surface area contributed by atoms with E-state index in [9.17, 15) is 4.79 Å². The van der Waals surface area contributed by atoms with Gasteiger partial charge in [-0.25, -0.2) is 0 Å². The van der Waals surface area contributed by atoms with Crippen LogP contribution in [0.2, 0.25) is 0 Å². The maximum atomic E-state index is 12.2. The second-order valence-corrected chi connectivity index (χ2v) is 5.91. The average molecular weight is 346 g/mol. The molecule has 124 valence electrons. The molecule has 0 bridgehead atoms. The van der Waals surface area contributed by atoms with E-state index in [-0.39, 0.29) is 5.69 Å². The minimum atomic E-state index is -0.415. The lowest BCUT2D eigenvalue weighted by atomic mass is 10.1. The van der Waals surface area contributed by atoms with E-state index in [4.69, 9.17) is 14.0 Å². The van der Waals surface area contributed by atoms with E-state index in [1.54, 1.807) is 45.4 Å². The van der Waals surface area contributed by atoms with Crippen molar-refractivity contribution in [1.82, 2.24) is 15.4 Å². The van der Waals surface area contributed by atoms with Gasteiger partial charge >= 0.3 is 0 Å². The van der Waals surface area contributed by atoms with Crippen LogP contribution >= 0.6 is 11.3 Å². The van der Waals surface area contributed by atoms with Gasteiger partial charge in [0.15, 0.2) is 23.0 Å². The maximum Gasteiger partial charge on any atom is 0.279 e. The second-order valence-electron chi connectivity index (χ2n) is 4.73. The number of anilines is 1. The molecule has 0 saturated heterocycles. The number of hydrogen-bond donors (Lipinski definition) is 1. The Morgan fingerprint density at radius 1 is 1.17 bits per heavy atom. The van der Waals surface area contributed by atoms with Crippen LogP contribution in [0.25, 0.3) is 11.3 Å². The van der Waals surface area contributed by atoms with Crippen molar-refractivity contribution >= 4 is 22.4 Å². The molecule has 0 radical (unpaired) electrons. The highest BCUT2D eigenvalue weighted by Gasteiger charge is 2.16. The number of amides is 1. The van der Waals surface area contributed by atoms with Gasteiger partial charge in [-0.3, -0.25) is 10.1 Å². The Labute approximate surface area is 141 Å². The van der Waals surface area contributed by atoms with Crippen molar-refractivity contribution in [3.63, 3.8) is 0 Å². The molecule has 3 aromatic rings. The number of rotatable bonds is 5. The van der Waals surface area contributed by atoms with Crippen LogP contribution in [0.15, 0.2) is 28.8 Å². The molecule has 2 aromatic heterocycles. The molecular formula is C15H14N4O4S. The number of nitrogens with one attached hydrogen (secondary N) is 1. The molecule has 1 N–H and O–H groups in total. The largest absolute Gasteiger partial charge is 0.493 e. The summed E-state index contributed by atoms with van der Waals surface area (Å²) >= 11 is 1.28. The van der Waals surface area contributed by atoms with E-state index < -0.39 is 5.91 Å². The van der Waals surface area contributed by atoms with Crippen molar-refractivity contribution in [2.75, 3.05) is 19.5 Å². The normalized spacial score (nSPS) is 10.5. The Morgan fingerprint density at radius 2 is 1.96 bits per heavy atom. The molecule has 1 aromatic carbocycles. The highest BCUT2D eigenvalue weighted by molar-refractivity contribution is 7.15. The SMILES string of the molecule is COc1ccc(-c2cc(C(=O)Nc3nnc(C)s3)no2)cc1OC. The first-order chi connectivity index (χ1) is 11.6. The third kappa shape index (κ3) is 3.20. The highest BCUT2D eigenvalue weighted by atomic mass is 32.1. The number of methoxy groups -OCH3 is 2. The lowest BCUT2D eigenvalue weighted by Gasteiger charge is -2.07. The summed E-state index contributed by atoms with van der Waals surface area (Å²) in [6, 6.07) is 6.83. The molecule has 0 fully saturated rings. The third-order valence-electron chi connectivity index (χ3n) is 3.16. The summed E-state index contributed by atoms with van der Waals surface area (Å²) < 4.78 is 15.7. The van der Waals surface area contributed by atoms with Crippen LogP contribution in [0.5, 0.6) is 11.5 Å². The number of hydrogen-bond acceptors (Lipinski definition) is 8. The second kappa shape index (κ2) is 6.67. The third-order valence-corrected chi connectivity index (χ3v) is 3.91. The zero-order valence-corrected chi connectivity index (χ0v) is 14.0. The predicted molar refractivity (Wildman–Crippen MR) is 87.6 cm³/mol. The summed E-state index contributed by atoms with van der Waals surface area (Å²) in [4.78, 5) is 12.2. The van der Waals surface area contributed by atoms with Crippen LogP contribution in [-0.2, 0) is 0 Å². The highest BCUT2D eigenvalue weighted by Crippen LogP contribution is 2.32. The standard InChI is InChI=1S/C15H14N4O4S/c1-8-17-18-15(24-8)16-14(20)10-7-12(23-19-10)9-4-5-11(21-2)13(6-9)22-3/h4-7H,1-3H3,(H,16,18,20). The van der Waals surface area contributed by atoms with Crippen LogP contribution < -0.4 is 14.8 Å². The maximum absolute atomic E-state index is 12.2. The smallest absolute Gasteiger partial charge is 0.279 e. The molecule has 0 aliphatic heterocycles. The molecule has 8 nitrogen and oxygen atoms in total. The van der Waals surface area contributed by atoms with Gasteiger partial charge < -0.3 is 14.0 Å². The van der Waals surface area contributed by atoms with Gasteiger partial charge in [-0.1, -0.05) is 16.5 Å². The van der Waals surface area contributed by atoms with Crippen molar-refractivity contribution in [1.29, 1.82) is 0 Å². The molecule has 9 heteroatoms. The topological polar surface area (TPSA) is 99.4 Å². The summed E-state index contributed by atoms with van der Waals surface area (Å²) in [6.07, 6.45) is 0. The van der Waals surface area contributed by atoms with Crippen molar-refractivity contribution in [3.05, 3.63) is 35.0 Å². The Bertz CT molecular complexity index is 874. The van der Waals surface area contributed by atoms with E-state index in [1.807, 2.05) is 0 Å². The van der Waals surface area contributed by atoms with Gasteiger partial charge in [0.05, 0.1) is 14.2 Å². The summed E-state index contributed by atoms with van der Waals surface area (Å²) in [5.41, 5.74) is 0.860. The van der Waals surface area contributed by atoms with Crippen molar-refractivity contribution < 1.29 is 18.8 Å². The summed E-state index contributed by atoms with van der Waals surface area (Å²) in [7, 11) is 3.11. The molecular weight excluding hydrogens is 332 g/mol. The molecule has 3 rings (SSSR count). The zero-order valence-electron chi connectivity index (χ0n) is 13.2. The van der Waals surface area contributed by atoms with Crippen LogP contribution in [-0.4, -0.2) is 35.5 Å². The molecule has 0 atom stereocenters. The Hall–Kier alpha value is -2.94. The zero-order chi connectivity index (χ0) is 17.1. The quantitative estimate of drug-likeness (QED) is 0.758. The van der Waals surface area contributed by atoms with Gasteiger partial charge in [-0.2, -0.15) is 0 Å². The molecule has 0 saturated carbocycles.